The maximum absolute atomic E-state index is 10.5. The lowest BCUT2D eigenvalue weighted by molar-refractivity contribution is -0.103. The number of allylic oxidation sites excluding steroid dienone is 1. The molecule has 2 rings (SSSR count). The van der Waals surface area contributed by atoms with Gasteiger partial charge >= 0.3 is 0 Å². The van der Waals surface area contributed by atoms with Crippen molar-refractivity contribution >= 4 is 22.8 Å². The quantitative estimate of drug-likeness (QED) is 0.554. The Bertz CT molecular complexity index is 470. The van der Waals surface area contributed by atoms with Crippen LogP contribution in [0.2, 0.25) is 0 Å². The van der Waals surface area contributed by atoms with E-state index in [0.717, 1.165) is 22.8 Å². The van der Waals surface area contributed by atoms with Crippen LogP contribution in [-0.2, 0) is 4.79 Å². The number of fused-ring (bicyclic) bond motifs is 1. The van der Waals surface area contributed by atoms with Gasteiger partial charge in [0.15, 0.2) is 0 Å². The summed E-state index contributed by atoms with van der Waals surface area (Å²) in [6.07, 6.45) is 5.93. The lowest BCUT2D eigenvalue weighted by Crippen LogP contribution is -1.80. The minimum Gasteiger partial charge on any atom is -0.360 e. The Balaban J connectivity index is 2.71. The van der Waals surface area contributed by atoms with E-state index in [1.165, 1.54) is 0 Å². The van der Waals surface area contributed by atoms with Gasteiger partial charge in [-0.05, 0) is 6.07 Å². The topological polar surface area (TPSA) is 45.8 Å². The minimum absolute atomic E-state index is 0.472. The molecule has 0 unspecified atom stereocenters. The van der Waals surface area contributed by atoms with E-state index in [0.29, 0.717) is 5.57 Å². The molecule has 0 bridgehead atoms. The van der Waals surface area contributed by atoms with E-state index in [1.807, 2.05) is 6.07 Å². The fourth-order valence-corrected chi connectivity index (χ4v) is 1.29. The smallest absolute Gasteiger partial charge is 0.150 e. The highest BCUT2D eigenvalue weighted by atomic mass is 16.1. The lowest BCUT2D eigenvalue weighted by atomic mass is 10.1. The molecule has 0 aliphatic heterocycles. The monoisotopic (exact) mass is 172 g/mol. The van der Waals surface area contributed by atoms with Gasteiger partial charge in [-0.2, -0.15) is 0 Å². The van der Waals surface area contributed by atoms with Gasteiger partial charge in [-0.3, -0.25) is 9.78 Å². The number of carbonyl (C=O) groups is 1. The first kappa shape index (κ1) is 7.73. The van der Waals surface area contributed by atoms with Crippen molar-refractivity contribution in [3.8, 4) is 0 Å². The van der Waals surface area contributed by atoms with Gasteiger partial charge in [-0.25, -0.2) is 0 Å². The first-order valence-corrected chi connectivity index (χ1v) is 3.88. The number of nitrogens with one attached hydrogen (secondary N) is 1. The Kier molecular flexibility index (Phi) is 1.70. The Labute approximate surface area is 75.1 Å². The van der Waals surface area contributed by atoms with Crippen LogP contribution in [0, 0.1) is 0 Å². The molecule has 2 heterocycles. The standard InChI is InChI=1S/C10H8N2O/c1-7(6-13)8-5-12-10-2-3-11-4-9(8)10/h2-6,12H,1H2. The molecule has 3 heteroatoms. The molecule has 3 nitrogen and oxygen atoms in total. The van der Waals surface area contributed by atoms with Crippen molar-refractivity contribution in [2.75, 3.05) is 0 Å². The molecule has 0 atom stereocenters. The Morgan fingerprint density at radius 2 is 2.46 bits per heavy atom. The number of nitrogens with zero attached hydrogens (tertiary/aromatic N) is 1. The predicted molar refractivity (Wildman–Crippen MR) is 51.2 cm³/mol. The van der Waals surface area contributed by atoms with Gasteiger partial charge < -0.3 is 4.98 Å². The number of aromatic nitrogens is 2. The number of aldehydes is 1. The minimum atomic E-state index is 0.472. The van der Waals surface area contributed by atoms with Crippen molar-refractivity contribution in [3.63, 3.8) is 0 Å². The Morgan fingerprint density at radius 3 is 3.23 bits per heavy atom. The van der Waals surface area contributed by atoms with E-state index in [9.17, 15) is 4.79 Å². The second kappa shape index (κ2) is 2.86. The summed E-state index contributed by atoms with van der Waals surface area (Å²) in [7, 11) is 0. The summed E-state index contributed by atoms with van der Waals surface area (Å²) in [4.78, 5) is 17.5. The van der Waals surface area contributed by atoms with Crippen LogP contribution < -0.4 is 0 Å². The highest BCUT2D eigenvalue weighted by molar-refractivity contribution is 6.11. The Morgan fingerprint density at radius 1 is 1.62 bits per heavy atom. The fraction of sp³-hybridized carbons (Fsp3) is 0. The third-order valence-corrected chi connectivity index (χ3v) is 1.97. The van der Waals surface area contributed by atoms with Crippen LogP contribution in [0.5, 0.6) is 0 Å². The molecule has 0 amide bonds. The number of aromatic amines is 1. The van der Waals surface area contributed by atoms with Crippen molar-refractivity contribution < 1.29 is 4.79 Å². The first-order valence-electron chi connectivity index (χ1n) is 3.88. The summed E-state index contributed by atoms with van der Waals surface area (Å²) in [5.74, 6) is 0. The largest absolute Gasteiger partial charge is 0.360 e. The van der Waals surface area contributed by atoms with Gasteiger partial charge in [0.2, 0.25) is 0 Å². The zero-order chi connectivity index (χ0) is 9.26. The molecule has 2 aromatic rings. The van der Waals surface area contributed by atoms with Crippen LogP contribution in [0.15, 0.2) is 31.2 Å². The van der Waals surface area contributed by atoms with Crippen LogP contribution in [0.4, 0.5) is 0 Å². The van der Waals surface area contributed by atoms with E-state index in [4.69, 9.17) is 0 Å². The fourth-order valence-electron chi connectivity index (χ4n) is 1.29. The van der Waals surface area contributed by atoms with Gasteiger partial charge in [0.1, 0.15) is 6.29 Å². The highest BCUT2D eigenvalue weighted by Gasteiger charge is 2.04. The van der Waals surface area contributed by atoms with Gasteiger partial charge in [0, 0.05) is 40.6 Å². The summed E-state index contributed by atoms with van der Waals surface area (Å²) in [5, 5.41) is 0.930. The summed E-state index contributed by atoms with van der Waals surface area (Å²) in [6, 6.07) is 1.86. The normalized spacial score (nSPS) is 10.2. The van der Waals surface area contributed by atoms with Crippen molar-refractivity contribution in [2.24, 2.45) is 0 Å². The predicted octanol–water partition coefficient (Wildman–Crippen LogP) is 1.77. The van der Waals surface area contributed by atoms with E-state index >= 15 is 0 Å². The average molecular weight is 172 g/mol. The molecule has 0 aliphatic carbocycles. The third kappa shape index (κ3) is 1.14. The molecule has 0 saturated heterocycles. The molecule has 1 N–H and O–H groups in total. The molecule has 13 heavy (non-hydrogen) atoms. The number of hydrogen-bond acceptors (Lipinski definition) is 2. The molecule has 0 saturated carbocycles. The zero-order valence-corrected chi connectivity index (χ0v) is 6.95. The molecule has 0 radical (unpaired) electrons. The van der Waals surface area contributed by atoms with Crippen molar-refractivity contribution in [3.05, 3.63) is 36.8 Å². The number of rotatable bonds is 2. The lowest BCUT2D eigenvalue weighted by Gasteiger charge is -1.93. The number of H-pyrrole nitrogens is 1. The summed E-state index contributed by atoms with van der Waals surface area (Å²) < 4.78 is 0. The van der Waals surface area contributed by atoms with Crippen molar-refractivity contribution in [2.45, 2.75) is 0 Å². The average Bonchev–Trinajstić information content (AvgIpc) is 2.60. The third-order valence-electron chi connectivity index (χ3n) is 1.97. The van der Waals surface area contributed by atoms with Gasteiger partial charge in [-0.1, -0.05) is 6.58 Å². The summed E-state index contributed by atoms with van der Waals surface area (Å²) in [6.45, 7) is 3.65. The maximum atomic E-state index is 10.5. The van der Waals surface area contributed by atoms with Crippen LogP contribution in [0.3, 0.4) is 0 Å². The second-order valence-electron chi connectivity index (χ2n) is 2.77. The van der Waals surface area contributed by atoms with Crippen LogP contribution >= 0.6 is 0 Å². The molecular weight excluding hydrogens is 164 g/mol. The molecule has 0 fully saturated rings. The number of pyridine rings is 1. The van der Waals surface area contributed by atoms with Crippen LogP contribution in [-0.4, -0.2) is 16.3 Å². The van der Waals surface area contributed by atoms with E-state index in [2.05, 4.69) is 16.5 Å². The number of hydrogen-bond donors (Lipinski definition) is 1. The molecule has 2 aromatic heterocycles. The number of carbonyl (C=O) groups excluding carboxylic acids is 1. The molecule has 0 aromatic carbocycles. The zero-order valence-electron chi connectivity index (χ0n) is 6.95. The maximum Gasteiger partial charge on any atom is 0.150 e. The van der Waals surface area contributed by atoms with E-state index < -0.39 is 0 Å². The molecule has 0 spiro atoms. The van der Waals surface area contributed by atoms with Crippen molar-refractivity contribution in [1.82, 2.24) is 9.97 Å². The summed E-state index contributed by atoms with van der Waals surface area (Å²) in [5.41, 5.74) is 2.25. The van der Waals surface area contributed by atoms with Crippen LogP contribution in [0.25, 0.3) is 16.5 Å². The van der Waals surface area contributed by atoms with E-state index in [1.54, 1.807) is 18.6 Å². The molecule has 64 valence electrons. The first-order chi connectivity index (χ1) is 6.33. The molecular formula is C10H8N2O. The van der Waals surface area contributed by atoms with E-state index in [-0.39, 0.29) is 0 Å². The summed E-state index contributed by atoms with van der Waals surface area (Å²) >= 11 is 0. The van der Waals surface area contributed by atoms with Gasteiger partial charge in [0.25, 0.3) is 0 Å². The van der Waals surface area contributed by atoms with Gasteiger partial charge in [0.05, 0.1) is 0 Å². The van der Waals surface area contributed by atoms with Gasteiger partial charge in [-0.15, -0.1) is 0 Å². The van der Waals surface area contributed by atoms with Crippen LogP contribution in [0.1, 0.15) is 5.56 Å². The highest BCUT2D eigenvalue weighted by Crippen LogP contribution is 2.21. The van der Waals surface area contributed by atoms with Crippen molar-refractivity contribution in [1.29, 1.82) is 0 Å². The molecule has 0 aliphatic rings. The second-order valence-corrected chi connectivity index (χ2v) is 2.77. The SMILES string of the molecule is C=C(C=O)c1c[nH]c2ccncc12. The Hall–Kier alpha value is -1.90.